The van der Waals surface area contributed by atoms with Crippen LogP contribution in [0.5, 0.6) is 0 Å². The van der Waals surface area contributed by atoms with E-state index < -0.39 is 34.8 Å². The molecule has 7 nitrogen and oxygen atoms in total. The maximum Gasteiger partial charge on any atom is 0.408 e. The molecule has 2 fully saturated rings. The first-order valence-corrected chi connectivity index (χ1v) is 13.3. The van der Waals surface area contributed by atoms with Crippen LogP contribution in [0.15, 0.2) is 18.2 Å². The van der Waals surface area contributed by atoms with Gasteiger partial charge in [0.25, 0.3) is 0 Å². The standard InChI is InChI=1S/C29H37F2N3O4/c1-7-21-23(26(35)37-8-2)25(34-12-11-29(6,16-34)33-27(36)38-28(3,4)5)22(24(32-21)17-9-10-17)18-13-19(30)15-20(31)14-18/h13-15,17H,7-12,16H2,1-6H3,(H,33,36)/t29-/m0/s1. The van der Waals surface area contributed by atoms with Gasteiger partial charge >= 0.3 is 12.1 Å². The first-order valence-electron chi connectivity index (χ1n) is 13.3. The summed E-state index contributed by atoms with van der Waals surface area (Å²) in [5, 5.41) is 2.99. The van der Waals surface area contributed by atoms with Crippen LogP contribution < -0.4 is 10.2 Å². The molecule has 9 heteroatoms. The maximum atomic E-state index is 14.5. The lowest BCUT2D eigenvalue weighted by Gasteiger charge is -2.31. The summed E-state index contributed by atoms with van der Waals surface area (Å²) in [4.78, 5) is 32.9. The van der Waals surface area contributed by atoms with E-state index in [4.69, 9.17) is 14.5 Å². The average molecular weight is 530 g/mol. The van der Waals surface area contributed by atoms with Crippen LogP contribution in [-0.4, -0.2) is 47.9 Å². The van der Waals surface area contributed by atoms with E-state index in [1.165, 1.54) is 12.1 Å². The number of esters is 1. The fourth-order valence-corrected chi connectivity index (χ4v) is 5.07. The quantitative estimate of drug-likeness (QED) is 0.434. The lowest BCUT2D eigenvalue weighted by Crippen LogP contribution is -2.49. The van der Waals surface area contributed by atoms with Crippen LogP contribution in [0, 0.1) is 11.6 Å². The van der Waals surface area contributed by atoms with E-state index >= 15 is 0 Å². The van der Waals surface area contributed by atoms with E-state index in [9.17, 15) is 18.4 Å². The lowest BCUT2D eigenvalue weighted by molar-refractivity contribution is 0.0470. The minimum atomic E-state index is -0.706. The average Bonchev–Trinajstić information content (AvgIpc) is 3.57. The fourth-order valence-electron chi connectivity index (χ4n) is 5.07. The molecule has 0 spiro atoms. The third-order valence-electron chi connectivity index (χ3n) is 6.80. The molecule has 2 aromatic rings. The first-order chi connectivity index (χ1) is 17.8. The van der Waals surface area contributed by atoms with E-state index in [-0.39, 0.29) is 12.5 Å². The highest BCUT2D eigenvalue weighted by Crippen LogP contribution is 2.49. The first kappa shape index (κ1) is 27.8. The fraction of sp³-hybridized carbons (Fsp3) is 0.552. The van der Waals surface area contributed by atoms with Crippen LogP contribution in [0.2, 0.25) is 0 Å². The van der Waals surface area contributed by atoms with Gasteiger partial charge in [0.15, 0.2) is 0 Å². The van der Waals surface area contributed by atoms with Crippen LogP contribution in [0.3, 0.4) is 0 Å². The largest absolute Gasteiger partial charge is 0.462 e. The molecule has 1 amide bonds. The molecule has 2 heterocycles. The van der Waals surface area contributed by atoms with Crippen molar-refractivity contribution in [2.24, 2.45) is 0 Å². The molecule has 0 radical (unpaired) electrons. The predicted octanol–water partition coefficient (Wildman–Crippen LogP) is 6.14. The summed E-state index contributed by atoms with van der Waals surface area (Å²) in [6, 6.07) is 3.40. The molecule has 1 aromatic carbocycles. The number of carbonyl (C=O) groups excluding carboxylic acids is 2. The zero-order valence-corrected chi connectivity index (χ0v) is 23.0. The minimum absolute atomic E-state index is 0.144. The number of ether oxygens (including phenoxy) is 2. The van der Waals surface area contributed by atoms with Gasteiger partial charge in [-0.05, 0) is 78.0 Å². The number of amides is 1. The van der Waals surface area contributed by atoms with Crippen molar-refractivity contribution in [2.75, 3.05) is 24.6 Å². The summed E-state index contributed by atoms with van der Waals surface area (Å²) in [6.45, 7) is 12.0. The zero-order chi connectivity index (χ0) is 27.8. The van der Waals surface area contributed by atoms with Crippen molar-refractivity contribution >= 4 is 17.7 Å². The molecule has 1 saturated carbocycles. The van der Waals surface area contributed by atoms with Gasteiger partial charge in [0.05, 0.1) is 29.2 Å². The van der Waals surface area contributed by atoms with Crippen molar-refractivity contribution in [1.82, 2.24) is 10.3 Å². The molecule has 0 bridgehead atoms. The molecule has 206 valence electrons. The summed E-state index contributed by atoms with van der Waals surface area (Å²) in [5.74, 6) is -1.79. The van der Waals surface area contributed by atoms with Gasteiger partial charge < -0.3 is 19.7 Å². The molecule has 2 aliphatic rings. The Bertz CT molecular complexity index is 1220. The summed E-state index contributed by atoms with van der Waals surface area (Å²) in [5.41, 5.74) is 1.76. The summed E-state index contributed by atoms with van der Waals surface area (Å²) in [6.07, 6.45) is 2.37. The van der Waals surface area contributed by atoms with Crippen molar-refractivity contribution in [1.29, 1.82) is 0 Å². The Kier molecular flexibility index (Phi) is 7.68. The topological polar surface area (TPSA) is 80.8 Å². The van der Waals surface area contributed by atoms with Crippen LogP contribution in [0.4, 0.5) is 19.3 Å². The highest BCUT2D eigenvalue weighted by Gasteiger charge is 2.41. The van der Waals surface area contributed by atoms with Gasteiger partial charge in [0, 0.05) is 30.6 Å². The second-order valence-electron chi connectivity index (χ2n) is 11.4. The molecule has 1 atom stereocenters. The van der Waals surface area contributed by atoms with Crippen molar-refractivity contribution < 1.29 is 27.8 Å². The van der Waals surface area contributed by atoms with Gasteiger partial charge in [-0.15, -0.1) is 0 Å². The minimum Gasteiger partial charge on any atom is -0.462 e. The molecular weight excluding hydrogens is 492 g/mol. The number of nitrogens with zero attached hydrogens (tertiary/aromatic N) is 2. The van der Waals surface area contributed by atoms with Crippen LogP contribution in [-0.2, 0) is 15.9 Å². The van der Waals surface area contributed by atoms with E-state index in [2.05, 4.69) is 5.32 Å². The molecule has 1 aliphatic carbocycles. The SMILES string of the molecule is CCOC(=O)c1c(CC)nc(C2CC2)c(-c2cc(F)cc(F)c2)c1N1CC[C@](C)(NC(=O)OC(C)(C)C)C1. The van der Waals surface area contributed by atoms with E-state index in [1.807, 2.05) is 18.7 Å². The van der Waals surface area contributed by atoms with Gasteiger partial charge in [0.2, 0.25) is 0 Å². The van der Waals surface area contributed by atoms with Crippen molar-refractivity contribution in [3.8, 4) is 11.1 Å². The van der Waals surface area contributed by atoms with Gasteiger partial charge in [-0.3, -0.25) is 4.98 Å². The molecule has 1 aromatic heterocycles. The van der Waals surface area contributed by atoms with Gasteiger partial charge in [-0.1, -0.05) is 6.92 Å². The van der Waals surface area contributed by atoms with Crippen LogP contribution >= 0.6 is 0 Å². The van der Waals surface area contributed by atoms with Crippen molar-refractivity contribution in [2.45, 2.75) is 84.3 Å². The number of rotatable bonds is 7. The Balaban J connectivity index is 1.88. The third kappa shape index (κ3) is 6.08. The smallest absolute Gasteiger partial charge is 0.408 e. The number of carbonyl (C=O) groups is 2. The Morgan fingerprint density at radius 3 is 2.37 bits per heavy atom. The third-order valence-corrected chi connectivity index (χ3v) is 6.80. The van der Waals surface area contributed by atoms with Gasteiger partial charge in [0.1, 0.15) is 22.8 Å². The van der Waals surface area contributed by atoms with Gasteiger partial charge in [-0.2, -0.15) is 0 Å². The number of halogens is 2. The monoisotopic (exact) mass is 529 g/mol. The number of nitrogens with one attached hydrogen (secondary N) is 1. The van der Waals surface area contributed by atoms with Crippen molar-refractivity contribution in [3.05, 3.63) is 46.8 Å². The van der Waals surface area contributed by atoms with Crippen LogP contribution in [0.25, 0.3) is 11.1 Å². The molecule has 0 unspecified atom stereocenters. The number of aromatic nitrogens is 1. The Morgan fingerprint density at radius 1 is 1.16 bits per heavy atom. The van der Waals surface area contributed by atoms with Gasteiger partial charge in [-0.25, -0.2) is 18.4 Å². The van der Waals surface area contributed by atoms with E-state index in [0.717, 1.165) is 24.6 Å². The normalized spacial score (nSPS) is 19.4. The van der Waals surface area contributed by atoms with Crippen LogP contribution in [0.1, 0.15) is 88.5 Å². The number of hydrogen-bond acceptors (Lipinski definition) is 6. The summed E-state index contributed by atoms with van der Waals surface area (Å²) < 4.78 is 39.9. The molecule has 1 saturated heterocycles. The number of alkyl carbamates (subject to hydrolysis) is 1. The molecular formula is C29H37F2N3O4. The second kappa shape index (κ2) is 10.5. The maximum absolute atomic E-state index is 14.5. The molecule has 1 N–H and O–H groups in total. The molecule has 4 rings (SSSR count). The zero-order valence-electron chi connectivity index (χ0n) is 23.0. The highest BCUT2D eigenvalue weighted by molar-refractivity contribution is 6.02. The number of anilines is 1. The Hall–Kier alpha value is -3.23. The van der Waals surface area contributed by atoms with E-state index in [0.29, 0.717) is 54.0 Å². The summed E-state index contributed by atoms with van der Waals surface area (Å²) >= 11 is 0. The number of pyridine rings is 1. The molecule has 1 aliphatic heterocycles. The van der Waals surface area contributed by atoms with E-state index in [1.54, 1.807) is 27.7 Å². The van der Waals surface area contributed by atoms with Crippen molar-refractivity contribution in [3.63, 3.8) is 0 Å². The highest BCUT2D eigenvalue weighted by atomic mass is 19.1. The Labute approximate surface area is 222 Å². The molecule has 38 heavy (non-hydrogen) atoms. The predicted molar refractivity (Wildman–Crippen MR) is 142 cm³/mol. The number of aryl methyl sites for hydroxylation is 1. The Morgan fingerprint density at radius 2 is 1.82 bits per heavy atom. The number of benzene rings is 1. The lowest BCUT2D eigenvalue weighted by atomic mass is 9.93. The summed E-state index contributed by atoms with van der Waals surface area (Å²) in [7, 11) is 0. The second-order valence-corrected chi connectivity index (χ2v) is 11.4. The number of hydrogen-bond donors (Lipinski definition) is 1.